The second-order valence-corrected chi connectivity index (χ2v) is 6.39. The summed E-state index contributed by atoms with van der Waals surface area (Å²) in [6.07, 6.45) is 2.35. The Morgan fingerprint density at radius 2 is 1.92 bits per heavy atom. The Bertz CT molecular complexity index is 820. The van der Waals surface area contributed by atoms with Gasteiger partial charge in [0.25, 0.3) is 11.8 Å². The van der Waals surface area contributed by atoms with Gasteiger partial charge in [-0.1, -0.05) is 13.8 Å². The number of aromatic nitrogens is 1. The van der Waals surface area contributed by atoms with Crippen LogP contribution in [0.5, 0.6) is 11.5 Å². The molecule has 1 aromatic carbocycles. The average molecular weight is 355 g/mol. The molecule has 0 radical (unpaired) electrons. The fraction of sp³-hybridized carbons (Fsp3) is 0.316. The van der Waals surface area contributed by atoms with Gasteiger partial charge in [-0.15, -0.1) is 0 Å². The van der Waals surface area contributed by atoms with Crippen LogP contribution >= 0.6 is 0 Å². The Kier molecular flexibility index (Phi) is 5.36. The molecule has 0 fully saturated rings. The molecule has 0 spiro atoms. The van der Waals surface area contributed by atoms with E-state index in [4.69, 9.17) is 9.47 Å². The standard InChI is InChI=1S/C19H21N3O4/c1-12(2)5-7-21-18(23)13-6-8-20-15(9-13)19(24)22-14-3-4-16-17(10-14)26-11-25-16/h3-4,6,8-10,12H,5,7,11H2,1-2H3,(H,21,23)(H,22,24). The maximum atomic E-state index is 12.4. The number of nitrogens with zero attached hydrogens (tertiary/aromatic N) is 1. The lowest BCUT2D eigenvalue weighted by Gasteiger charge is -2.09. The number of ether oxygens (including phenoxy) is 2. The largest absolute Gasteiger partial charge is 0.454 e. The molecule has 0 unspecified atom stereocenters. The Morgan fingerprint density at radius 3 is 2.73 bits per heavy atom. The minimum absolute atomic E-state index is 0.166. The van der Waals surface area contributed by atoms with E-state index in [-0.39, 0.29) is 18.4 Å². The molecule has 3 rings (SSSR count). The van der Waals surface area contributed by atoms with Gasteiger partial charge in [0.05, 0.1) is 0 Å². The molecule has 136 valence electrons. The zero-order valence-electron chi connectivity index (χ0n) is 14.7. The van der Waals surface area contributed by atoms with Crippen LogP contribution in [0.2, 0.25) is 0 Å². The van der Waals surface area contributed by atoms with Gasteiger partial charge in [-0.25, -0.2) is 0 Å². The molecule has 2 N–H and O–H groups in total. The third-order valence-corrected chi connectivity index (χ3v) is 3.89. The Balaban J connectivity index is 1.65. The summed E-state index contributed by atoms with van der Waals surface area (Å²) in [6, 6.07) is 8.19. The molecule has 0 bridgehead atoms. The summed E-state index contributed by atoms with van der Waals surface area (Å²) in [6.45, 7) is 4.95. The van der Waals surface area contributed by atoms with Gasteiger partial charge in [-0.05, 0) is 36.6 Å². The molecule has 0 atom stereocenters. The van der Waals surface area contributed by atoms with E-state index in [1.54, 1.807) is 24.3 Å². The number of carbonyl (C=O) groups is 2. The van der Waals surface area contributed by atoms with Crippen molar-refractivity contribution < 1.29 is 19.1 Å². The van der Waals surface area contributed by atoms with E-state index in [1.807, 2.05) is 0 Å². The number of carbonyl (C=O) groups excluding carboxylic acids is 2. The maximum absolute atomic E-state index is 12.4. The molecule has 1 aliphatic rings. The molecule has 7 nitrogen and oxygen atoms in total. The van der Waals surface area contributed by atoms with Crippen LogP contribution in [0.3, 0.4) is 0 Å². The second kappa shape index (κ2) is 7.86. The molecule has 26 heavy (non-hydrogen) atoms. The number of rotatable bonds is 6. The summed E-state index contributed by atoms with van der Waals surface area (Å²) in [7, 11) is 0. The summed E-state index contributed by atoms with van der Waals surface area (Å²) in [5, 5.41) is 5.59. The first-order chi connectivity index (χ1) is 12.5. The van der Waals surface area contributed by atoms with Gasteiger partial charge < -0.3 is 20.1 Å². The fourth-order valence-corrected chi connectivity index (χ4v) is 2.44. The maximum Gasteiger partial charge on any atom is 0.274 e. The molecule has 0 aliphatic carbocycles. The predicted molar refractivity (Wildman–Crippen MR) is 96.5 cm³/mol. The minimum atomic E-state index is -0.402. The van der Waals surface area contributed by atoms with Crippen LogP contribution in [0, 0.1) is 5.92 Å². The molecule has 2 amide bonds. The van der Waals surface area contributed by atoms with Crippen LogP contribution < -0.4 is 20.1 Å². The average Bonchev–Trinajstić information content (AvgIpc) is 3.09. The smallest absolute Gasteiger partial charge is 0.274 e. The van der Waals surface area contributed by atoms with Crippen LogP contribution in [-0.2, 0) is 0 Å². The lowest BCUT2D eigenvalue weighted by atomic mass is 10.1. The van der Waals surface area contributed by atoms with Gasteiger partial charge in [-0.3, -0.25) is 14.6 Å². The first-order valence-electron chi connectivity index (χ1n) is 8.48. The van der Waals surface area contributed by atoms with E-state index in [2.05, 4.69) is 29.5 Å². The number of hydrogen-bond acceptors (Lipinski definition) is 5. The van der Waals surface area contributed by atoms with Gasteiger partial charge in [-0.2, -0.15) is 0 Å². The number of anilines is 1. The van der Waals surface area contributed by atoms with Crippen molar-refractivity contribution in [1.82, 2.24) is 10.3 Å². The van der Waals surface area contributed by atoms with Gasteiger partial charge in [0.15, 0.2) is 11.5 Å². The van der Waals surface area contributed by atoms with Gasteiger partial charge >= 0.3 is 0 Å². The highest BCUT2D eigenvalue weighted by atomic mass is 16.7. The number of fused-ring (bicyclic) bond motifs is 1. The van der Waals surface area contributed by atoms with Crippen LogP contribution in [0.4, 0.5) is 5.69 Å². The predicted octanol–water partition coefficient (Wildman–Crippen LogP) is 2.84. The summed E-state index contributed by atoms with van der Waals surface area (Å²) >= 11 is 0. The Hall–Kier alpha value is -3.09. The van der Waals surface area contributed by atoms with Crippen LogP contribution in [0.1, 0.15) is 41.1 Å². The molecule has 2 heterocycles. The van der Waals surface area contributed by atoms with Gasteiger partial charge in [0, 0.05) is 30.1 Å². The second-order valence-electron chi connectivity index (χ2n) is 6.39. The van der Waals surface area contributed by atoms with Crippen LogP contribution in [0.15, 0.2) is 36.5 Å². The number of pyridine rings is 1. The number of hydrogen-bond donors (Lipinski definition) is 2. The van der Waals surface area contributed by atoms with Crippen LogP contribution in [-0.4, -0.2) is 30.1 Å². The van der Waals surface area contributed by atoms with E-state index < -0.39 is 5.91 Å². The summed E-state index contributed by atoms with van der Waals surface area (Å²) in [4.78, 5) is 28.7. The van der Waals surface area contributed by atoms with Crippen molar-refractivity contribution in [2.24, 2.45) is 5.92 Å². The molecule has 2 aromatic rings. The van der Waals surface area contributed by atoms with Crippen molar-refractivity contribution in [2.75, 3.05) is 18.7 Å². The van der Waals surface area contributed by atoms with E-state index in [9.17, 15) is 9.59 Å². The SMILES string of the molecule is CC(C)CCNC(=O)c1ccnc(C(=O)Nc2ccc3c(c2)OCO3)c1. The highest BCUT2D eigenvalue weighted by Crippen LogP contribution is 2.34. The van der Waals surface area contributed by atoms with E-state index in [1.165, 1.54) is 12.3 Å². The van der Waals surface area contributed by atoms with Crippen molar-refractivity contribution in [1.29, 1.82) is 0 Å². The molecule has 1 aromatic heterocycles. The first-order valence-corrected chi connectivity index (χ1v) is 8.48. The van der Waals surface area contributed by atoms with Gasteiger partial charge in [0.1, 0.15) is 5.69 Å². The highest BCUT2D eigenvalue weighted by Gasteiger charge is 2.16. The lowest BCUT2D eigenvalue weighted by Crippen LogP contribution is -2.26. The van der Waals surface area contributed by atoms with E-state index in [0.717, 1.165) is 6.42 Å². The number of nitrogens with one attached hydrogen (secondary N) is 2. The topological polar surface area (TPSA) is 89.6 Å². The van der Waals surface area contributed by atoms with Crippen molar-refractivity contribution in [3.8, 4) is 11.5 Å². The number of amides is 2. The fourth-order valence-electron chi connectivity index (χ4n) is 2.44. The Labute approximate surface area is 151 Å². The van der Waals surface area contributed by atoms with Crippen molar-refractivity contribution in [3.05, 3.63) is 47.8 Å². The van der Waals surface area contributed by atoms with Crippen molar-refractivity contribution in [3.63, 3.8) is 0 Å². The van der Waals surface area contributed by atoms with Gasteiger partial charge in [0.2, 0.25) is 6.79 Å². The quantitative estimate of drug-likeness (QED) is 0.832. The highest BCUT2D eigenvalue weighted by molar-refractivity contribution is 6.04. The zero-order chi connectivity index (χ0) is 18.5. The van der Waals surface area contributed by atoms with E-state index in [0.29, 0.717) is 35.2 Å². The Morgan fingerprint density at radius 1 is 1.12 bits per heavy atom. The van der Waals surface area contributed by atoms with Crippen molar-refractivity contribution >= 4 is 17.5 Å². The lowest BCUT2D eigenvalue weighted by molar-refractivity contribution is 0.0952. The van der Waals surface area contributed by atoms with Crippen LogP contribution in [0.25, 0.3) is 0 Å². The molecular weight excluding hydrogens is 334 g/mol. The third kappa shape index (κ3) is 4.30. The summed E-state index contributed by atoms with van der Waals surface area (Å²) in [5.74, 6) is 1.11. The molecule has 0 saturated heterocycles. The zero-order valence-corrected chi connectivity index (χ0v) is 14.7. The van der Waals surface area contributed by atoms with Crippen molar-refractivity contribution in [2.45, 2.75) is 20.3 Å². The molecular formula is C19H21N3O4. The first kappa shape index (κ1) is 17.7. The minimum Gasteiger partial charge on any atom is -0.454 e. The van der Waals surface area contributed by atoms with E-state index >= 15 is 0 Å². The third-order valence-electron chi connectivity index (χ3n) is 3.89. The summed E-state index contributed by atoms with van der Waals surface area (Å²) < 4.78 is 10.5. The monoisotopic (exact) mass is 355 g/mol. The summed E-state index contributed by atoms with van der Waals surface area (Å²) in [5.41, 5.74) is 1.13. The molecule has 7 heteroatoms. The molecule has 1 aliphatic heterocycles. The number of benzene rings is 1. The molecule has 0 saturated carbocycles. The normalized spacial score (nSPS) is 12.1.